The van der Waals surface area contributed by atoms with Crippen LogP contribution in [0.15, 0.2) is 0 Å². The summed E-state index contributed by atoms with van der Waals surface area (Å²) >= 11 is 0. The van der Waals surface area contributed by atoms with Gasteiger partial charge in [0.15, 0.2) is 0 Å². The van der Waals surface area contributed by atoms with Gasteiger partial charge in [-0.15, -0.1) is 0 Å². The first-order valence-corrected chi connectivity index (χ1v) is 5.15. The van der Waals surface area contributed by atoms with Crippen molar-refractivity contribution in [3.05, 3.63) is 0 Å². The molecule has 0 fully saturated rings. The van der Waals surface area contributed by atoms with Gasteiger partial charge in [0.2, 0.25) is 11.8 Å². The van der Waals surface area contributed by atoms with Crippen LogP contribution in [0.4, 0.5) is 0 Å². The lowest BCUT2D eigenvalue weighted by molar-refractivity contribution is -0.144. The second-order valence-corrected chi connectivity index (χ2v) is 3.57. The minimum atomic E-state index is -1.51. The number of amides is 2. The fraction of sp³-hybridized carbons (Fsp3) is 0.667. The predicted molar refractivity (Wildman–Crippen MR) is 59.3 cm³/mol. The van der Waals surface area contributed by atoms with Crippen LogP contribution in [-0.4, -0.2) is 64.4 Å². The minimum Gasteiger partial charge on any atom is -0.480 e. The van der Waals surface area contributed by atoms with Gasteiger partial charge in [0.1, 0.15) is 12.1 Å². The number of aliphatic hydroxyl groups is 2. The Hall–Kier alpha value is -1.71. The molecule has 2 amide bonds. The Morgan fingerprint density at radius 2 is 1.83 bits per heavy atom. The molecular weight excluding hydrogens is 246 g/mol. The summed E-state index contributed by atoms with van der Waals surface area (Å²) in [5.74, 6) is -3.03. The van der Waals surface area contributed by atoms with Crippen molar-refractivity contribution in [3.63, 3.8) is 0 Å². The van der Waals surface area contributed by atoms with Gasteiger partial charge in [-0.2, -0.15) is 0 Å². The van der Waals surface area contributed by atoms with E-state index in [-0.39, 0.29) is 6.54 Å². The molecule has 0 radical (unpaired) electrons. The molecule has 0 bridgehead atoms. The van der Waals surface area contributed by atoms with Gasteiger partial charge in [0, 0.05) is 0 Å². The average Bonchev–Trinajstić information content (AvgIpc) is 2.31. The van der Waals surface area contributed by atoms with Gasteiger partial charge in [-0.3, -0.25) is 9.59 Å². The summed E-state index contributed by atoms with van der Waals surface area (Å²) in [4.78, 5) is 33.2. The Kier molecular flexibility index (Phi) is 6.86. The van der Waals surface area contributed by atoms with Crippen LogP contribution in [0.25, 0.3) is 0 Å². The molecule has 0 heterocycles. The molecule has 0 aromatic carbocycles. The number of aliphatic carboxylic acids is 1. The highest BCUT2D eigenvalue weighted by Gasteiger charge is 2.28. The lowest BCUT2D eigenvalue weighted by Gasteiger charge is -2.22. The quantitative estimate of drug-likeness (QED) is 0.276. The monoisotopic (exact) mass is 263 g/mol. The SMILES string of the molecule is C[C@@H](O)[C@H](NC(=O)CN)C(=O)N[C@@H](CO)C(=O)O. The van der Waals surface area contributed by atoms with E-state index in [1.165, 1.54) is 6.92 Å². The van der Waals surface area contributed by atoms with Crippen LogP contribution in [0.2, 0.25) is 0 Å². The molecule has 0 aliphatic heterocycles. The summed E-state index contributed by atoms with van der Waals surface area (Å²) in [6, 6.07) is -2.84. The molecule has 104 valence electrons. The normalized spacial score (nSPS) is 15.3. The van der Waals surface area contributed by atoms with Crippen molar-refractivity contribution >= 4 is 17.8 Å². The van der Waals surface area contributed by atoms with E-state index in [9.17, 15) is 19.5 Å². The molecule has 0 saturated heterocycles. The van der Waals surface area contributed by atoms with Gasteiger partial charge >= 0.3 is 5.97 Å². The van der Waals surface area contributed by atoms with Crippen LogP contribution in [0.5, 0.6) is 0 Å². The molecule has 0 aliphatic carbocycles. The third-order valence-corrected chi connectivity index (χ3v) is 2.06. The van der Waals surface area contributed by atoms with Crippen LogP contribution in [0, 0.1) is 0 Å². The Morgan fingerprint density at radius 1 is 1.28 bits per heavy atom. The van der Waals surface area contributed by atoms with Crippen molar-refractivity contribution in [2.45, 2.75) is 25.1 Å². The molecule has 0 aliphatic rings. The van der Waals surface area contributed by atoms with Crippen molar-refractivity contribution < 1.29 is 29.7 Å². The number of aliphatic hydroxyl groups excluding tert-OH is 2. The number of carbonyl (C=O) groups is 3. The van der Waals surface area contributed by atoms with Crippen LogP contribution >= 0.6 is 0 Å². The van der Waals surface area contributed by atoms with E-state index >= 15 is 0 Å². The Morgan fingerprint density at radius 3 is 2.17 bits per heavy atom. The van der Waals surface area contributed by atoms with Crippen LogP contribution < -0.4 is 16.4 Å². The molecule has 9 heteroatoms. The zero-order chi connectivity index (χ0) is 14.3. The Bertz CT molecular complexity index is 319. The molecule has 0 unspecified atom stereocenters. The van der Waals surface area contributed by atoms with Crippen molar-refractivity contribution in [2.24, 2.45) is 5.73 Å². The zero-order valence-electron chi connectivity index (χ0n) is 9.79. The number of carboxylic acid groups (broad SMARTS) is 1. The lowest BCUT2D eigenvalue weighted by Crippen LogP contribution is -2.57. The molecule has 18 heavy (non-hydrogen) atoms. The van der Waals surface area contributed by atoms with Crippen LogP contribution in [0.1, 0.15) is 6.92 Å². The summed E-state index contributed by atoms with van der Waals surface area (Å²) in [7, 11) is 0. The summed E-state index contributed by atoms with van der Waals surface area (Å²) in [6.45, 7) is 0.0626. The number of nitrogens with two attached hydrogens (primary N) is 1. The lowest BCUT2D eigenvalue weighted by atomic mass is 10.1. The van der Waals surface area contributed by atoms with Crippen molar-refractivity contribution in [3.8, 4) is 0 Å². The third kappa shape index (κ3) is 5.08. The summed E-state index contributed by atoms with van der Waals surface area (Å²) < 4.78 is 0. The first-order chi connectivity index (χ1) is 8.33. The van der Waals surface area contributed by atoms with Gasteiger partial charge in [-0.05, 0) is 6.92 Å². The molecule has 3 atom stereocenters. The molecule has 7 N–H and O–H groups in total. The first-order valence-electron chi connectivity index (χ1n) is 5.15. The fourth-order valence-corrected chi connectivity index (χ4v) is 1.08. The van der Waals surface area contributed by atoms with Gasteiger partial charge in [0.25, 0.3) is 0 Å². The molecule has 0 aromatic heterocycles. The maximum Gasteiger partial charge on any atom is 0.328 e. The highest BCUT2D eigenvalue weighted by atomic mass is 16.4. The van der Waals surface area contributed by atoms with E-state index in [0.29, 0.717) is 0 Å². The van der Waals surface area contributed by atoms with E-state index < -0.39 is 42.6 Å². The standard InChI is InChI=1S/C9H17N3O6/c1-4(14)7(12-6(15)2-10)8(16)11-5(3-13)9(17)18/h4-5,7,13-14H,2-3,10H2,1H3,(H,11,16)(H,12,15)(H,17,18)/t4-,5+,7+/m1/s1. The predicted octanol–water partition coefficient (Wildman–Crippen LogP) is -3.63. The smallest absolute Gasteiger partial charge is 0.328 e. The number of carboxylic acids is 1. The van der Waals surface area contributed by atoms with E-state index in [1.807, 2.05) is 5.32 Å². The van der Waals surface area contributed by atoms with Crippen LogP contribution in [0.3, 0.4) is 0 Å². The maximum atomic E-state index is 11.6. The Labute approximate surface area is 103 Å². The van der Waals surface area contributed by atoms with Gasteiger partial charge < -0.3 is 31.7 Å². The molecular formula is C9H17N3O6. The first kappa shape index (κ1) is 16.3. The molecule has 0 saturated carbocycles. The van der Waals surface area contributed by atoms with Crippen LogP contribution in [-0.2, 0) is 14.4 Å². The number of hydrogen-bond donors (Lipinski definition) is 6. The fourth-order valence-electron chi connectivity index (χ4n) is 1.08. The molecule has 9 nitrogen and oxygen atoms in total. The van der Waals surface area contributed by atoms with E-state index in [1.54, 1.807) is 0 Å². The topological polar surface area (TPSA) is 162 Å². The summed E-state index contributed by atoms with van der Waals surface area (Å²) in [6.07, 6.45) is -1.24. The van der Waals surface area contributed by atoms with E-state index in [0.717, 1.165) is 0 Å². The van der Waals surface area contributed by atoms with Gasteiger partial charge in [0.05, 0.1) is 19.3 Å². The number of rotatable bonds is 7. The highest BCUT2D eigenvalue weighted by molar-refractivity contribution is 5.91. The van der Waals surface area contributed by atoms with Crippen molar-refractivity contribution in [1.29, 1.82) is 0 Å². The number of hydrogen-bond acceptors (Lipinski definition) is 6. The second kappa shape index (κ2) is 7.58. The largest absolute Gasteiger partial charge is 0.480 e. The molecule has 0 aromatic rings. The summed E-state index contributed by atoms with van der Waals surface area (Å²) in [5, 5.41) is 30.8. The van der Waals surface area contributed by atoms with Gasteiger partial charge in [-0.1, -0.05) is 0 Å². The van der Waals surface area contributed by atoms with Crippen molar-refractivity contribution in [1.82, 2.24) is 10.6 Å². The Balaban J connectivity index is 4.66. The maximum absolute atomic E-state index is 11.6. The van der Waals surface area contributed by atoms with Gasteiger partial charge in [-0.25, -0.2) is 4.79 Å². The third-order valence-electron chi connectivity index (χ3n) is 2.06. The minimum absolute atomic E-state index is 0.376. The van der Waals surface area contributed by atoms with E-state index in [2.05, 4.69) is 5.32 Å². The zero-order valence-corrected chi connectivity index (χ0v) is 9.79. The molecule has 0 spiro atoms. The second-order valence-electron chi connectivity index (χ2n) is 3.57. The number of carbonyl (C=O) groups excluding carboxylic acids is 2. The molecule has 0 rings (SSSR count). The average molecular weight is 263 g/mol. The number of nitrogens with one attached hydrogen (secondary N) is 2. The highest BCUT2D eigenvalue weighted by Crippen LogP contribution is 1.95. The van der Waals surface area contributed by atoms with Crippen molar-refractivity contribution in [2.75, 3.05) is 13.2 Å². The van der Waals surface area contributed by atoms with E-state index in [4.69, 9.17) is 15.9 Å². The summed E-state index contributed by atoms with van der Waals surface area (Å²) in [5.41, 5.74) is 5.04.